The summed E-state index contributed by atoms with van der Waals surface area (Å²) in [7, 11) is -3.94. The van der Waals surface area contributed by atoms with Gasteiger partial charge in [0.25, 0.3) is 10.0 Å². The molecule has 182 valence electrons. The number of aliphatic hydroxyl groups is 2. The Morgan fingerprint density at radius 3 is 2.14 bits per heavy atom. The van der Waals surface area contributed by atoms with Gasteiger partial charge in [-0.3, -0.25) is 4.72 Å². The van der Waals surface area contributed by atoms with E-state index in [4.69, 9.17) is 11.6 Å². The van der Waals surface area contributed by atoms with Gasteiger partial charge in [-0.15, -0.1) is 0 Å². The van der Waals surface area contributed by atoms with Crippen molar-refractivity contribution in [1.82, 2.24) is 0 Å². The van der Waals surface area contributed by atoms with E-state index in [1.54, 1.807) is 91.0 Å². The van der Waals surface area contributed by atoms with Gasteiger partial charge in [0.1, 0.15) is 6.10 Å². The van der Waals surface area contributed by atoms with Crippen LogP contribution >= 0.6 is 11.6 Å². The first-order valence-corrected chi connectivity index (χ1v) is 13.0. The second-order valence-electron chi connectivity index (χ2n) is 8.26. The lowest BCUT2D eigenvalue weighted by Gasteiger charge is -2.26. The maximum Gasteiger partial charge on any atom is 0.261 e. The van der Waals surface area contributed by atoms with Crippen LogP contribution in [0.3, 0.4) is 0 Å². The molecule has 3 N–H and O–H groups in total. The molecule has 0 aliphatic heterocycles. The summed E-state index contributed by atoms with van der Waals surface area (Å²) >= 11 is 5.93. The Balaban J connectivity index is 1.79. The molecule has 0 saturated heterocycles. The van der Waals surface area contributed by atoms with Gasteiger partial charge in [-0.1, -0.05) is 102 Å². The van der Waals surface area contributed by atoms with Crippen molar-refractivity contribution in [2.75, 3.05) is 4.72 Å². The Bertz CT molecular complexity index is 1510. The highest BCUT2D eigenvalue weighted by atomic mass is 35.5. The van der Waals surface area contributed by atoms with Crippen molar-refractivity contribution in [3.63, 3.8) is 0 Å². The van der Waals surface area contributed by atoms with E-state index in [0.29, 0.717) is 16.1 Å². The van der Waals surface area contributed by atoms with Crippen LogP contribution in [0.1, 0.15) is 28.4 Å². The molecule has 0 spiro atoms. The third-order valence-electron chi connectivity index (χ3n) is 5.66. The zero-order valence-corrected chi connectivity index (χ0v) is 21.0. The molecular formula is C29H24ClNO4S. The molecule has 0 heterocycles. The maximum atomic E-state index is 13.1. The van der Waals surface area contributed by atoms with Gasteiger partial charge in [0.15, 0.2) is 5.60 Å². The van der Waals surface area contributed by atoms with Crippen LogP contribution in [-0.4, -0.2) is 18.6 Å². The van der Waals surface area contributed by atoms with Crippen molar-refractivity contribution in [2.24, 2.45) is 0 Å². The molecule has 2 atom stereocenters. The number of sulfonamides is 1. The van der Waals surface area contributed by atoms with Crippen LogP contribution in [0.15, 0.2) is 108 Å². The SMILES string of the molecule is Cc1ccc(S(=O)(=O)Nc2ccccc2C(O)(C#CC(O)c2ccc(Cl)cc2)c2ccccc2)cc1. The highest BCUT2D eigenvalue weighted by Gasteiger charge is 2.33. The smallest absolute Gasteiger partial charge is 0.261 e. The molecular weight excluding hydrogens is 494 g/mol. The topological polar surface area (TPSA) is 86.6 Å². The zero-order valence-electron chi connectivity index (χ0n) is 19.4. The monoisotopic (exact) mass is 517 g/mol. The summed E-state index contributed by atoms with van der Waals surface area (Å²) in [6.07, 6.45) is -1.20. The number of halogens is 1. The normalized spacial score (nSPS) is 13.7. The standard InChI is InChI=1S/C29H24ClNO4S/c1-21-11-17-25(18-12-21)36(34,35)31-27-10-6-5-9-26(27)29(33,23-7-3-2-4-8-23)20-19-28(32)22-13-15-24(30)16-14-22/h2-18,28,31-33H,1H3. The van der Waals surface area contributed by atoms with Gasteiger partial charge < -0.3 is 10.2 Å². The van der Waals surface area contributed by atoms with E-state index >= 15 is 0 Å². The first-order chi connectivity index (χ1) is 17.2. The molecule has 2 unspecified atom stereocenters. The molecule has 4 rings (SSSR count). The van der Waals surface area contributed by atoms with Crippen molar-refractivity contribution in [1.29, 1.82) is 0 Å². The molecule has 0 aliphatic carbocycles. The van der Waals surface area contributed by atoms with Gasteiger partial charge in [0.05, 0.1) is 10.6 Å². The lowest BCUT2D eigenvalue weighted by molar-refractivity contribution is 0.145. The molecule has 0 aromatic heterocycles. The van der Waals surface area contributed by atoms with E-state index in [1.165, 1.54) is 12.1 Å². The molecule has 7 heteroatoms. The summed E-state index contributed by atoms with van der Waals surface area (Å²) in [5, 5.41) is 23.1. The molecule has 0 fully saturated rings. The molecule has 0 bridgehead atoms. The summed E-state index contributed by atoms with van der Waals surface area (Å²) in [6, 6.07) is 28.2. The van der Waals surface area contributed by atoms with E-state index in [1.807, 2.05) is 6.92 Å². The van der Waals surface area contributed by atoms with Gasteiger partial charge in [-0.2, -0.15) is 0 Å². The lowest BCUT2D eigenvalue weighted by atomic mass is 9.85. The van der Waals surface area contributed by atoms with Gasteiger partial charge in [-0.05, 0) is 42.8 Å². The highest BCUT2D eigenvalue weighted by Crippen LogP contribution is 2.35. The predicted molar refractivity (Wildman–Crippen MR) is 142 cm³/mol. The Hall–Kier alpha value is -3.60. The van der Waals surface area contributed by atoms with Crippen LogP contribution in [0.5, 0.6) is 0 Å². The minimum Gasteiger partial charge on any atom is -0.376 e. The van der Waals surface area contributed by atoms with Gasteiger partial charge in [0.2, 0.25) is 0 Å². The maximum absolute atomic E-state index is 13.1. The van der Waals surface area contributed by atoms with Crippen LogP contribution in [0.4, 0.5) is 5.69 Å². The second-order valence-corrected chi connectivity index (χ2v) is 10.4. The number of hydrogen-bond acceptors (Lipinski definition) is 4. The average Bonchev–Trinajstić information content (AvgIpc) is 2.88. The Morgan fingerprint density at radius 2 is 1.47 bits per heavy atom. The Kier molecular flexibility index (Phi) is 7.48. The van der Waals surface area contributed by atoms with Gasteiger partial charge in [0, 0.05) is 16.1 Å². The Morgan fingerprint density at radius 1 is 0.861 bits per heavy atom. The zero-order chi connectivity index (χ0) is 25.8. The molecule has 0 radical (unpaired) electrons. The van der Waals surface area contributed by atoms with Crippen LogP contribution in [-0.2, 0) is 15.6 Å². The number of aliphatic hydroxyl groups excluding tert-OH is 1. The summed E-state index contributed by atoms with van der Waals surface area (Å²) in [4.78, 5) is 0.0930. The highest BCUT2D eigenvalue weighted by molar-refractivity contribution is 7.92. The molecule has 0 aliphatic rings. The predicted octanol–water partition coefficient (Wildman–Crippen LogP) is 5.42. The quantitative estimate of drug-likeness (QED) is 0.298. The average molecular weight is 518 g/mol. The van der Waals surface area contributed by atoms with Crippen molar-refractivity contribution in [2.45, 2.75) is 23.5 Å². The van der Waals surface area contributed by atoms with E-state index in [2.05, 4.69) is 16.6 Å². The van der Waals surface area contributed by atoms with Gasteiger partial charge >= 0.3 is 0 Å². The summed E-state index contributed by atoms with van der Waals surface area (Å²) < 4.78 is 28.8. The number of benzene rings is 4. The molecule has 0 amide bonds. The second kappa shape index (κ2) is 10.6. The number of hydrogen-bond donors (Lipinski definition) is 3. The van der Waals surface area contributed by atoms with Crippen molar-refractivity contribution >= 4 is 27.3 Å². The summed E-state index contributed by atoms with van der Waals surface area (Å²) in [5.41, 5.74) is 0.323. The number of anilines is 1. The van der Waals surface area contributed by atoms with E-state index in [0.717, 1.165) is 5.56 Å². The lowest BCUT2D eigenvalue weighted by Crippen LogP contribution is -2.28. The minimum absolute atomic E-state index is 0.0930. The first kappa shape index (κ1) is 25.5. The number of rotatable bonds is 6. The first-order valence-electron chi connectivity index (χ1n) is 11.1. The summed E-state index contributed by atoms with van der Waals surface area (Å²) in [6.45, 7) is 1.87. The molecule has 4 aromatic rings. The number of aryl methyl sites for hydroxylation is 1. The largest absolute Gasteiger partial charge is 0.376 e. The molecule has 4 aromatic carbocycles. The fourth-order valence-corrected chi connectivity index (χ4v) is 4.89. The Labute approximate surface area is 216 Å². The van der Waals surface area contributed by atoms with E-state index in [-0.39, 0.29) is 16.1 Å². The van der Waals surface area contributed by atoms with Crippen molar-refractivity contribution < 1.29 is 18.6 Å². The van der Waals surface area contributed by atoms with Gasteiger partial charge in [-0.25, -0.2) is 8.42 Å². The van der Waals surface area contributed by atoms with Crippen LogP contribution in [0.25, 0.3) is 0 Å². The number of nitrogens with one attached hydrogen (secondary N) is 1. The summed E-state index contributed by atoms with van der Waals surface area (Å²) in [5.74, 6) is 5.52. The molecule has 5 nitrogen and oxygen atoms in total. The molecule has 0 saturated carbocycles. The minimum atomic E-state index is -3.94. The van der Waals surface area contributed by atoms with Crippen LogP contribution < -0.4 is 4.72 Å². The van der Waals surface area contributed by atoms with Crippen molar-refractivity contribution in [3.05, 3.63) is 130 Å². The van der Waals surface area contributed by atoms with E-state index < -0.39 is 21.7 Å². The third-order valence-corrected chi connectivity index (χ3v) is 7.29. The van der Waals surface area contributed by atoms with Crippen LogP contribution in [0.2, 0.25) is 5.02 Å². The van der Waals surface area contributed by atoms with Crippen LogP contribution in [0, 0.1) is 18.8 Å². The van der Waals surface area contributed by atoms with Crippen molar-refractivity contribution in [3.8, 4) is 11.8 Å². The fourth-order valence-electron chi connectivity index (χ4n) is 3.68. The third kappa shape index (κ3) is 5.62. The number of para-hydroxylation sites is 1. The van der Waals surface area contributed by atoms with E-state index in [9.17, 15) is 18.6 Å². The molecule has 36 heavy (non-hydrogen) atoms. The fraction of sp³-hybridized carbons (Fsp3) is 0.103.